The monoisotopic (exact) mass is 336 g/mol. The summed E-state index contributed by atoms with van der Waals surface area (Å²) in [6.45, 7) is 2.58. The van der Waals surface area contributed by atoms with Gasteiger partial charge in [0, 0.05) is 42.1 Å². The van der Waals surface area contributed by atoms with Gasteiger partial charge < -0.3 is 9.80 Å². The third-order valence-electron chi connectivity index (χ3n) is 3.88. The molecule has 1 aromatic carbocycles. The Morgan fingerprint density at radius 1 is 1.05 bits per heavy atom. The fraction of sp³-hybridized carbons (Fsp3) is 0.467. The zero-order valence-electron chi connectivity index (χ0n) is 11.2. The van der Waals surface area contributed by atoms with E-state index >= 15 is 0 Å². The lowest BCUT2D eigenvalue weighted by Gasteiger charge is -2.35. The molecule has 1 saturated heterocycles. The van der Waals surface area contributed by atoms with E-state index in [1.54, 1.807) is 0 Å². The van der Waals surface area contributed by atoms with Gasteiger partial charge in [-0.25, -0.2) is 0 Å². The topological polar surface area (TPSA) is 40.6 Å². The number of hydrogen-bond acceptors (Lipinski definition) is 2. The van der Waals surface area contributed by atoms with Gasteiger partial charge in [0.2, 0.25) is 5.91 Å². The minimum atomic E-state index is 0.0461. The summed E-state index contributed by atoms with van der Waals surface area (Å²) < 4.78 is 0.908. The molecule has 0 bridgehead atoms. The summed E-state index contributed by atoms with van der Waals surface area (Å²) in [6, 6.07) is 7.44. The molecule has 2 fully saturated rings. The Balaban J connectivity index is 1.60. The number of nitrogens with zero attached hydrogens (tertiary/aromatic N) is 2. The quantitative estimate of drug-likeness (QED) is 0.830. The van der Waals surface area contributed by atoms with Crippen LogP contribution < -0.4 is 0 Å². The Bertz CT molecular complexity index is 534. The lowest BCUT2D eigenvalue weighted by molar-refractivity contribution is -0.134. The molecule has 20 heavy (non-hydrogen) atoms. The third kappa shape index (κ3) is 2.87. The molecule has 0 aromatic heterocycles. The van der Waals surface area contributed by atoms with Crippen LogP contribution in [-0.4, -0.2) is 47.8 Å². The molecule has 4 nitrogen and oxygen atoms in total. The standard InChI is InChI=1S/C15H17BrN2O2/c16-13-3-1-2-12(10-13)15(20)18-8-6-17(7-9-18)14(19)11-4-5-11/h1-3,10-11H,4-9H2. The smallest absolute Gasteiger partial charge is 0.254 e. The van der Waals surface area contributed by atoms with Crippen LogP contribution in [0.5, 0.6) is 0 Å². The van der Waals surface area contributed by atoms with Gasteiger partial charge in [0.25, 0.3) is 5.91 Å². The number of halogens is 1. The van der Waals surface area contributed by atoms with Gasteiger partial charge in [-0.05, 0) is 31.0 Å². The number of carbonyl (C=O) groups is 2. The van der Waals surface area contributed by atoms with E-state index in [2.05, 4.69) is 15.9 Å². The summed E-state index contributed by atoms with van der Waals surface area (Å²) in [6.07, 6.45) is 2.08. The van der Waals surface area contributed by atoms with Crippen molar-refractivity contribution in [3.05, 3.63) is 34.3 Å². The highest BCUT2D eigenvalue weighted by atomic mass is 79.9. The van der Waals surface area contributed by atoms with Crippen molar-refractivity contribution in [2.75, 3.05) is 26.2 Å². The lowest BCUT2D eigenvalue weighted by Crippen LogP contribution is -2.51. The normalized spacial score (nSPS) is 19.1. The highest BCUT2D eigenvalue weighted by molar-refractivity contribution is 9.10. The zero-order valence-corrected chi connectivity index (χ0v) is 12.8. The maximum atomic E-state index is 12.4. The second-order valence-electron chi connectivity index (χ2n) is 5.40. The molecule has 0 unspecified atom stereocenters. The minimum absolute atomic E-state index is 0.0461. The number of rotatable bonds is 2. The van der Waals surface area contributed by atoms with Gasteiger partial charge in [-0.2, -0.15) is 0 Å². The van der Waals surface area contributed by atoms with Crippen LogP contribution in [0.25, 0.3) is 0 Å². The Morgan fingerprint density at radius 3 is 2.30 bits per heavy atom. The highest BCUT2D eigenvalue weighted by Gasteiger charge is 2.35. The average Bonchev–Trinajstić information content (AvgIpc) is 3.30. The number of piperazine rings is 1. The van der Waals surface area contributed by atoms with E-state index in [0.717, 1.165) is 17.3 Å². The molecule has 1 heterocycles. The highest BCUT2D eigenvalue weighted by Crippen LogP contribution is 2.31. The molecule has 0 atom stereocenters. The molecule has 1 aliphatic carbocycles. The van der Waals surface area contributed by atoms with Crippen molar-refractivity contribution >= 4 is 27.7 Å². The average molecular weight is 337 g/mol. The second kappa shape index (κ2) is 5.56. The summed E-state index contributed by atoms with van der Waals surface area (Å²) >= 11 is 3.38. The predicted octanol–water partition coefficient (Wildman–Crippen LogP) is 2.14. The van der Waals surface area contributed by atoms with E-state index in [9.17, 15) is 9.59 Å². The Hall–Kier alpha value is -1.36. The largest absolute Gasteiger partial charge is 0.339 e. The van der Waals surface area contributed by atoms with Crippen LogP contribution in [0.1, 0.15) is 23.2 Å². The van der Waals surface area contributed by atoms with Crippen LogP contribution in [0.4, 0.5) is 0 Å². The summed E-state index contributed by atoms with van der Waals surface area (Å²) in [5, 5.41) is 0. The molecule has 0 spiro atoms. The number of benzene rings is 1. The molecule has 2 aliphatic rings. The first kappa shape index (κ1) is 13.6. The summed E-state index contributed by atoms with van der Waals surface area (Å²) in [5.41, 5.74) is 0.696. The molecule has 106 valence electrons. The van der Waals surface area contributed by atoms with Crippen LogP contribution in [0, 0.1) is 5.92 Å². The summed E-state index contributed by atoms with van der Waals surface area (Å²) in [5.74, 6) is 0.590. The van der Waals surface area contributed by atoms with Gasteiger partial charge in [-0.1, -0.05) is 22.0 Å². The molecule has 5 heteroatoms. The van der Waals surface area contributed by atoms with Crippen molar-refractivity contribution in [2.24, 2.45) is 5.92 Å². The Morgan fingerprint density at radius 2 is 1.70 bits per heavy atom. The number of amides is 2. The fourth-order valence-corrected chi connectivity index (χ4v) is 2.92. The first-order valence-corrected chi connectivity index (χ1v) is 7.78. The lowest BCUT2D eigenvalue weighted by atomic mass is 10.2. The van der Waals surface area contributed by atoms with E-state index in [-0.39, 0.29) is 17.7 Å². The van der Waals surface area contributed by atoms with Gasteiger partial charge in [0.1, 0.15) is 0 Å². The Labute approximate surface area is 126 Å². The maximum absolute atomic E-state index is 12.4. The van der Waals surface area contributed by atoms with Gasteiger partial charge in [0.05, 0.1) is 0 Å². The molecular formula is C15H17BrN2O2. The molecule has 1 saturated carbocycles. The van der Waals surface area contributed by atoms with Gasteiger partial charge in [-0.3, -0.25) is 9.59 Å². The van der Waals surface area contributed by atoms with Crippen LogP contribution in [0.3, 0.4) is 0 Å². The van der Waals surface area contributed by atoms with Crippen molar-refractivity contribution in [1.29, 1.82) is 0 Å². The molecular weight excluding hydrogens is 320 g/mol. The SMILES string of the molecule is O=C(c1cccc(Br)c1)N1CCN(C(=O)C2CC2)CC1. The maximum Gasteiger partial charge on any atom is 0.254 e. The molecule has 0 N–H and O–H groups in total. The Kier molecular flexibility index (Phi) is 3.78. The number of hydrogen-bond donors (Lipinski definition) is 0. The molecule has 2 amide bonds. The molecule has 0 radical (unpaired) electrons. The van der Waals surface area contributed by atoms with Crippen molar-refractivity contribution in [3.8, 4) is 0 Å². The summed E-state index contributed by atoms with van der Waals surface area (Å²) in [7, 11) is 0. The van der Waals surface area contributed by atoms with Gasteiger partial charge in [-0.15, -0.1) is 0 Å². The first-order valence-electron chi connectivity index (χ1n) is 6.99. The molecule has 1 aromatic rings. The van der Waals surface area contributed by atoms with Crippen LogP contribution in [0.15, 0.2) is 28.7 Å². The first-order chi connectivity index (χ1) is 9.65. The van der Waals surface area contributed by atoms with E-state index in [0.29, 0.717) is 31.7 Å². The van der Waals surface area contributed by atoms with Crippen molar-refractivity contribution in [3.63, 3.8) is 0 Å². The summed E-state index contributed by atoms with van der Waals surface area (Å²) in [4.78, 5) is 28.1. The fourth-order valence-electron chi connectivity index (χ4n) is 2.52. The van der Waals surface area contributed by atoms with Crippen LogP contribution in [-0.2, 0) is 4.79 Å². The van der Waals surface area contributed by atoms with E-state index in [1.807, 2.05) is 34.1 Å². The van der Waals surface area contributed by atoms with Crippen molar-refractivity contribution in [1.82, 2.24) is 9.80 Å². The minimum Gasteiger partial charge on any atom is -0.339 e. The molecule has 1 aliphatic heterocycles. The predicted molar refractivity (Wildman–Crippen MR) is 79.3 cm³/mol. The third-order valence-corrected chi connectivity index (χ3v) is 4.37. The van der Waals surface area contributed by atoms with Gasteiger partial charge >= 0.3 is 0 Å². The van der Waals surface area contributed by atoms with E-state index in [4.69, 9.17) is 0 Å². The molecule has 3 rings (SSSR count). The zero-order chi connectivity index (χ0) is 14.1. The number of carbonyl (C=O) groups excluding carboxylic acids is 2. The van der Waals surface area contributed by atoms with Crippen LogP contribution >= 0.6 is 15.9 Å². The van der Waals surface area contributed by atoms with Crippen molar-refractivity contribution < 1.29 is 9.59 Å². The second-order valence-corrected chi connectivity index (χ2v) is 6.32. The van der Waals surface area contributed by atoms with Crippen molar-refractivity contribution in [2.45, 2.75) is 12.8 Å². The van der Waals surface area contributed by atoms with Gasteiger partial charge in [0.15, 0.2) is 0 Å². The van der Waals surface area contributed by atoms with E-state index < -0.39 is 0 Å². The van der Waals surface area contributed by atoms with E-state index in [1.165, 1.54) is 0 Å². The van der Waals surface area contributed by atoms with Crippen LogP contribution in [0.2, 0.25) is 0 Å².